The van der Waals surface area contributed by atoms with Gasteiger partial charge in [0.25, 0.3) is 0 Å². The van der Waals surface area contributed by atoms with Crippen molar-refractivity contribution in [1.29, 1.82) is 0 Å². The van der Waals surface area contributed by atoms with Crippen molar-refractivity contribution in [2.45, 2.75) is 45.6 Å². The third-order valence-corrected chi connectivity index (χ3v) is 5.69. The Bertz CT molecular complexity index is 975. The first kappa shape index (κ1) is 24.2. The highest BCUT2D eigenvalue weighted by molar-refractivity contribution is 7.87. The molecule has 0 atom stereocenters. The van der Waals surface area contributed by atoms with Crippen LogP contribution in [0, 0.1) is 17.7 Å². The fourth-order valence-electron chi connectivity index (χ4n) is 2.90. The Morgan fingerprint density at radius 2 is 1.70 bits per heavy atom. The molecule has 1 amide bonds. The molecule has 0 N–H and O–H groups in total. The topological polar surface area (TPSA) is 63.7 Å². The van der Waals surface area contributed by atoms with Gasteiger partial charge in [-0.25, -0.2) is 4.39 Å². The lowest BCUT2D eigenvalue weighted by atomic mass is 10.1. The van der Waals surface area contributed by atoms with E-state index in [-0.39, 0.29) is 34.9 Å². The molecule has 164 valence electrons. The number of halogens is 2. The second-order valence-corrected chi connectivity index (χ2v) is 9.99. The molecule has 0 aliphatic rings. The van der Waals surface area contributed by atoms with E-state index in [1.807, 2.05) is 27.7 Å². The molecule has 0 unspecified atom stereocenters. The molecule has 0 aromatic heterocycles. The molecule has 0 saturated heterocycles. The van der Waals surface area contributed by atoms with Crippen molar-refractivity contribution in [1.82, 2.24) is 4.90 Å². The minimum Gasteiger partial charge on any atom is -0.379 e. The fourth-order valence-corrected chi connectivity index (χ4v) is 4.06. The molecule has 30 heavy (non-hydrogen) atoms. The van der Waals surface area contributed by atoms with E-state index in [1.165, 1.54) is 12.1 Å². The van der Waals surface area contributed by atoms with E-state index in [0.29, 0.717) is 23.6 Å². The summed E-state index contributed by atoms with van der Waals surface area (Å²) in [7, 11) is -4.18. The van der Waals surface area contributed by atoms with Crippen LogP contribution in [0.15, 0.2) is 47.4 Å². The molecule has 0 saturated carbocycles. The molecule has 8 heteroatoms. The molecule has 5 nitrogen and oxygen atoms in total. The molecular weight excluding hydrogens is 429 g/mol. The van der Waals surface area contributed by atoms with Gasteiger partial charge in [0, 0.05) is 30.1 Å². The molecular formula is C22H27ClFNO4S. The number of hydrogen-bond donors (Lipinski definition) is 0. The Morgan fingerprint density at radius 1 is 1.07 bits per heavy atom. The Labute approximate surface area is 182 Å². The zero-order valence-electron chi connectivity index (χ0n) is 17.6. The maximum absolute atomic E-state index is 13.1. The number of amides is 1. The van der Waals surface area contributed by atoms with Crippen LogP contribution in [-0.4, -0.2) is 25.8 Å². The van der Waals surface area contributed by atoms with Crippen molar-refractivity contribution in [3.8, 4) is 5.75 Å². The van der Waals surface area contributed by atoms with E-state index in [2.05, 4.69) is 0 Å². The first-order valence-corrected chi connectivity index (χ1v) is 11.5. The Morgan fingerprint density at radius 3 is 2.27 bits per heavy atom. The number of hydrogen-bond acceptors (Lipinski definition) is 4. The van der Waals surface area contributed by atoms with Crippen molar-refractivity contribution < 1.29 is 21.8 Å². The number of carbonyl (C=O) groups excluding carboxylic acids is 1. The van der Waals surface area contributed by atoms with Crippen molar-refractivity contribution in [2.24, 2.45) is 11.8 Å². The first-order chi connectivity index (χ1) is 14.0. The maximum Gasteiger partial charge on any atom is 0.339 e. The Hall–Kier alpha value is -2.12. The molecule has 2 aromatic rings. The van der Waals surface area contributed by atoms with Gasteiger partial charge in [0.1, 0.15) is 16.5 Å². The lowest BCUT2D eigenvalue weighted by molar-refractivity contribution is -0.133. The molecule has 2 rings (SSSR count). The summed E-state index contributed by atoms with van der Waals surface area (Å²) in [6.07, 6.45) is 0.386. The van der Waals surface area contributed by atoms with Crippen LogP contribution >= 0.6 is 11.6 Å². The largest absolute Gasteiger partial charge is 0.379 e. The van der Waals surface area contributed by atoms with Crippen molar-refractivity contribution >= 4 is 27.6 Å². The van der Waals surface area contributed by atoms with Gasteiger partial charge in [-0.2, -0.15) is 8.42 Å². The third-order valence-electron chi connectivity index (χ3n) is 4.21. The van der Waals surface area contributed by atoms with Gasteiger partial charge < -0.3 is 9.08 Å². The van der Waals surface area contributed by atoms with Gasteiger partial charge in [0.05, 0.1) is 0 Å². The van der Waals surface area contributed by atoms with Gasteiger partial charge in [-0.15, -0.1) is 0 Å². The van der Waals surface area contributed by atoms with Crippen LogP contribution in [0.25, 0.3) is 0 Å². The van der Waals surface area contributed by atoms with Gasteiger partial charge in [-0.05, 0) is 54.3 Å². The van der Waals surface area contributed by atoms with Gasteiger partial charge in [-0.1, -0.05) is 39.3 Å². The number of carbonyl (C=O) groups is 1. The third kappa shape index (κ3) is 6.99. The van der Waals surface area contributed by atoms with Crippen LogP contribution in [0.2, 0.25) is 5.02 Å². The Kier molecular flexibility index (Phi) is 8.26. The minimum atomic E-state index is -4.18. The number of benzene rings is 2. The van der Waals surface area contributed by atoms with E-state index in [9.17, 15) is 17.6 Å². The van der Waals surface area contributed by atoms with E-state index in [0.717, 1.165) is 24.3 Å². The molecule has 2 aromatic carbocycles. The molecule has 0 heterocycles. The minimum absolute atomic E-state index is 0.0222. The summed E-state index contributed by atoms with van der Waals surface area (Å²) in [5.74, 6) is -0.0660. The molecule has 0 bridgehead atoms. The summed E-state index contributed by atoms with van der Waals surface area (Å²) in [5.41, 5.74) is 0.478. The highest BCUT2D eigenvalue weighted by Gasteiger charge is 2.22. The lowest BCUT2D eigenvalue weighted by Gasteiger charge is -2.26. The lowest BCUT2D eigenvalue weighted by Crippen LogP contribution is -2.34. The van der Waals surface area contributed by atoms with E-state index >= 15 is 0 Å². The smallest absolute Gasteiger partial charge is 0.339 e. The van der Waals surface area contributed by atoms with Gasteiger partial charge >= 0.3 is 10.1 Å². The van der Waals surface area contributed by atoms with Crippen LogP contribution in [0.4, 0.5) is 4.39 Å². The Balaban J connectivity index is 2.35. The van der Waals surface area contributed by atoms with Crippen LogP contribution in [0.5, 0.6) is 5.75 Å². The average molecular weight is 456 g/mol. The average Bonchev–Trinajstić information content (AvgIpc) is 2.62. The number of rotatable bonds is 9. The summed E-state index contributed by atoms with van der Waals surface area (Å²) in [6, 6.07) is 8.94. The van der Waals surface area contributed by atoms with E-state index in [1.54, 1.807) is 11.0 Å². The monoisotopic (exact) mass is 455 g/mol. The zero-order chi connectivity index (χ0) is 22.5. The van der Waals surface area contributed by atoms with Crippen molar-refractivity contribution in [3.05, 3.63) is 58.9 Å². The van der Waals surface area contributed by atoms with Crippen molar-refractivity contribution in [2.75, 3.05) is 6.54 Å². The van der Waals surface area contributed by atoms with Gasteiger partial charge in [-0.3, -0.25) is 4.79 Å². The first-order valence-electron chi connectivity index (χ1n) is 9.74. The van der Waals surface area contributed by atoms with Crippen LogP contribution < -0.4 is 4.18 Å². The fraction of sp³-hybridized carbons (Fsp3) is 0.409. The normalized spacial score (nSPS) is 11.7. The van der Waals surface area contributed by atoms with E-state index < -0.39 is 15.9 Å². The molecule has 0 aliphatic carbocycles. The quantitative estimate of drug-likeness (QED) is 0.483. The maximum atomic E-state index is 13.1. The highest BCUT2D eigenvalue weighted by Crippen LogP contribution is 2.28. The number of nitrogens with zero attached hydrogens (tertiary/aromatic N) is 1. The highest BCUT2D eigenvalue weighted by atomic mass is 35.5. The van der Waals surface area contributed by atoms with Crippen LogP contribution in [0.1, 0.15) is 39.7 Å². The molecule has 0 radical (unpaired) electrons. The predicted octanol–water partition coefficient (Wildman–Crippen LogP) is 5.28. The summed E-state index contributed by atoms with van der Waals surface area (Å²) < 4.78 is 43.7. The molecule has 0 aliphatic heterocycles. The van der Waals surface area contributed by atoms with Crippen LogP contribution in [0.3, 0.4) is 0 Å². The summed E-state index contributed by atoms with van der Waals surface area (Å²) in [6.45, 7) is 8.62. The zero-order valence-corrected chi connectivity index (χ0v) is 19.1. The molecule has 0 fully saturated rings. The van der Waals surface area contributed by atoms with Gasteiger partial charge in [0.15, 0.2) is 0 Å². The molecule has 0 spiro atoms. The summed E-state index contributed by atoms with van der Waals surface area (Å²) >= 11 is 6.13. The van der Waals surface area contributed by atoms with Crippen LogP contribution in [-0.2, 0) is 21.5 Å². The van der Waals surface area contributed by atoms with Gasteiger partial charge in [0.2, 0.25) is 5.91 Å². The second kappa shape index (κ2) is 10.3. The summed E-state index contributed by atoms with van der Waals surface area (Å²) in [4.78, 5) is 14.2. The second-order valence-electron chi connectivity index (χ2n) is 8.01. The van der Waals surface area contributed by atoms with E-state index in [4.69, 9.17) is 15.8 Å². The van der Waals surface area contributed by atoms with Crippen molar-refractivity contribution in [3.63, 3.8) is 0 Å². The predicted molar refractivity (Wildman–Crippen MR) is 115 cm³/mol. The summed E-state index contributed by atoms with van der Waals surface area (Å²) in [5, 5.41) is 0.400. The standard InChI is InChI=1S/C22H27ClFNO4S/c1-15(2)11-22(26)25(13-16(3)4)14-17-12-18(23)5-10-21(17)29-30(27,28)20-8-6-19(24)7-9-20/h5-10,12,15-16H,11,13-14H2,1-4H3. The SMILES string of the molecule is CC(C)CC(=O)N(Cc1cc(Cl)ccc1OS(=O)(=O)c1ccc(F)cc1)CC(C)C.